The van der Waals surface area contributed by atoms with E-state index in [1.54, 1.807) is 6.07 Å². The Balaban J connectivity index is 2.31. The lowest BCUT2D eigenvalue weighted by Gasteiger charge is -2.10. The van der Waals surface area contributed by atoms with Gasteiger partial charge in [-0.05, 0) is 42.3 Å². The molecule has 0 saturated heterocycles. The van der Waals surface area contributed by atoms with E-state index in [9.17, 15) is 4.39 Å². The lowest BCUT2D eigenvalue weighted by molar-refractivity contribution is 0.439. The Hall–Kier alpha value is -0.870. The summed E-state index contributed by atoms with van der Waals surface area (Å²) >= 11 is 6.66. The van der Waals surface area contributed by atoms with Gasteiger partial charge in [-0.3, -0.25) is 0 Å². The maximum Gasteiger partial charge on any atom is 0.166 e. The molecule has 0 aliphatic carbocycles. The summed E-state index contributed by atoms with van der Waals surface area (Å²) in [6.45, 7) is 1.92. The highest BCUT2D eigenvalue weighted by atomic mass is 79.9. The van der Waals surface area contributed by atoms with Crippen molar-refractivity contribution in [1.29, 1.82) is 0 Å². The van der Waals surface area contributed by atoms with E-state index in [1.165, 1.54) is 6.07 Å². The summed E-state index contributed by atoms with van der Waals surface area (Å²) < 4.78 is 20.3. The van der Waals surface area contributed by atoms with Gasteiger partial charge < -0.3 is 4.74 Å². The molecule has 0 fully saturated rings. The fraction of sp³-hybridized carbons (Fsp3) is 0.143. The van der Waals surface area contributed by atoms with Gasteiger partial charge in [0.05, 0.1) is 0 Å². The van der Waals surface area contributed by atoms with Crippen LogP contribution < -0.4 is 4.74 Å². The van der Waals surface area contributed by atoms with Crippen LogP contribution in [0.25, 0.3) is 0 Å². The minimum atomic E-state index is -0.355. The molecule has 1 nitrogen and oxygen atoms in total. The maximum atomic E-state index is 13.8. The normalized spacial score (nSPS) is 10.4. The number of hydrogen-bond donors (Lipinski definition) is 0. The Kier molecular flexibility index (Phi) is 4.40. The van der Waals surface area contributed by atoms with Crippen molar-refractivity contribution in [3.63, 3.8) is 0 Å². The van der Waals surface area contributed by atoms with Gasteiger partial charge >= 0.3 is 0 Å². The van der Waals surface area contributed by atoms with Gasteiger partial charge in [0.1, 0.15) is 5.75 Å². The third-order valence-corrected chi connectivity index (χ3v) is 3.66. The summed E-state index contributed by atoms with van der Waals surface area (Å²) in [5.41, 5.74) is 1.84. The smallest absolute Gasteiger partial charge is 0.166 e. The molecule has 0 aliphatic heterocycles. The standard InChI is InChI=1S/C14H11Br2FO/c1-9-2-4-11(16)7-14(9)18-13-5-3-10(8-15)6-12(13)17/h2-7H,8H2,1H3. The summed E-state index contributed by atoms with van der Waals surface area (Å²) in [6, 6.07) is 10.6. The van der Waals surface area contributed by atoms with Crippen LogP contribution in [0.5, 0.6) is 11.5 Å². The third kappa shape index (κ3) is 3.12. The van der Waals surface area contributed by atoms with Crippen LogP contribution in [-0.2, 0) is 5.33 Å². The van der Waals surface area contributed by atoms with Crippen molar-refractivity contribution in [2.24, 2.45) is 0 Å². The molecule has 0 heterocycles. The molecule has 0 unspecified atom stereocenters. The number of hydrogen-bond acceptors (Lipinski definition) is 1. The van der Waals surface area contributed by atoms with E-state index in [1.807, 2.05) is 31.2 Å². The van der Waals surface area contributed by atoms with E-state index in [0.717, 1.165) is 15.6 Å². The zero-order chi connectivity index (χ0) is 13.1. The monoisotopic (exact) mass is 372 g/mol. The largest absolute Gasteiger partial charge is 0.454 e. The summed E-state index contributed by atoms with van der Waals surface area (Å²) in [6.07, 6.45) is 0. The van der Waals surface area contributed by atoms with Crippen molar-refractivity contribution >= 4 is 31.9 Å². The number of aryl methyl sites for hydroxylation is 1. The highest BCUT2D eigenvalue weighted by molar-refractivity contribution is 9.10. The van der Waals surface area contributed by atoms with Crippen LogP contribution in [0.3, 0.4) is 0 Å². The van der Waals surface area contributed by atoms with Gasteiger partial charge in [0, 0.05) is 9.80 Å². The molecular weight excluding hydrogens is 363 g/mol. The van der Waals surface area contributed by atoms with Crippen LogP contribution in [0.4, 0.5) is 4.39 Å². The summed E-state index contributed by atoms with van der Waals surface area (Å²) in [4.78, 5) is 0. The number of alkyl halides is 1. The predicted molar refractivity (Wildman–Crippen MR) is 78.0 cm³/mol. The minimum absolute atomic E-state index is 0.237. The van der Waals surface area contributed by atoms with E-state index >= 15 is 0 Å². The van der Waals surface area contributed by atoms with E-state index in [4.69, 9.17) is 4.74 Å². The fourth-order valence-corrected chi connectivity index (χ4v) is 2.20. The minimum Gasteiger partial charge on any atom is -0.454 e. The second kappa shape index (κ2) is 5.85. The molecule has 0 spiro atoms. The molecule has 18 heavy (non-hydrogen) atoms. The Morgan fingerprint density at radius 3 is 2.56 bits per heavy atom. The summed E-state index contributed by atoms with van der Waals surface area (Å²) in [5, 5.41) is 0.625. The topological polar surface area (TPSA) is 9.23 Å². The van der Waals surface area contributed by atoms with Gasteiger partial charge in [-0.1, -0.05) is 44.0 Å². The van der Waals surface area contributed by atoms with Gasteiger partial charge in [-0.2, -0.15) is 0 Å². The van der Waals surface area contributed by atoms with Gasteiger partial charge in [0.15, 0.2) is 11.6 Å². The molecular formula is C14H11Br2FO. The second-order valence-electron chi connectivity index (χ2n) is 3.91. The molecule has 94 valence electrons. The van der Waals surface area contributed by atoms with Crippen LogP contribution in [0.1, 0.15) is 11.1 Å². The first-order valence-electron chi connectivity index (χ1n) is 5.38. The van der Waals surface area contributed by atoms with Gasteiger partial charge in [0.2, 0.25) is 0 Å². The highest BCUT2D eigenvalue weighted by Crippen LogP contribution is 2.30. The number of rotatable bonds is 3. The highest BCUT2D eigenvalue weighted by Gasteiger charge is 2.08. The second-order valence-corrected chi connectivity index (χ2v) is 5.39. The van der Waals surface area contributed by atoms with Crippen LogP contribution in [0.15, 0.2) is 40.9 Å². The number of ether oxygens (including phenoxy) is 1. The average Bonchev–Trinajstić information content (AvgIpc) is 2.36. The van der Waals surface area contributed by atoms with Crippen molar-refractivity contribution in [2.45, 2.75) is 12.3 Å². The van der Waals surface area contributed by atoms with Crippen molar-refractivity contribution < 1.29 is 9.13 Å². The predicted octanol–water partition coefficient (Wildman–Crippen LogP) is 5.58. The number of halogens is 3. The average molecular weight is 374 g/mol. The van der Waals surface area contributed by atoms with Gasteiger partial charge in [-0.15, -0.1) is 0 Å². The molecule has 0 amide bonds. The maximum absolute atomic E-state index is 13.8. The zero-order valence-electron chi connectivity index (χ0n) is 9.71. The molecule has 0 saturated carbocycles. The Morgan fingerprint density at radius 2 is 1.89 bits per heavy atom. The SMILES string of the molecule is Cc1ccc(Br)cc1Oc1ccc(CBr)cc1F. The van der Waals surface area contributed by atoms with E-state index in [0.29, 0.717) is 11.1 Å². The Morgan fingerprint density at radius 1 is 1.11 bits per heavy atom. The Bertz CT molecular complexity index is 570. The van der Waals surface area contributed by atoms with E-state index < -0.39 is 0 Å². The van der Waals surface area contributed by atoms with Crippen LogP contribution in [0, 0.1) is 12.7 Å². The first-order chi connectivity index (χ1) is 8.60. The molecule has 4 heteroatoms. The van der Waals surface area contributed by atoms with Crippen molar-refractivity contribution in [3.05, 3.63) is 57.8 Å². The summed E-state index contributed by atoms with van der Waals surface area (Å²) in [7, 11) is 0. The van der Waals surface area contributed by atoms with Crippen molar-refractivity contribution in [1.82, 2.24) is 0 Å². The molecule has 2 rings (SSSR count). The Labute approximate surface area is 122 Å². The molecule has 0 N–H and O–H groups in total. The van der Waals surface area contributed by atoms with Crippen LogP contribution in [-0.4, -0.2) is 0 Å². The lowest BCUT2D eigenvalue weighted by atomic mass is 10.2. The van der Waals surface area contributed by atoms with E-state index in [2.05, 4.69) is 31.9 Å². The molecule has 2 aromatic rings. The molecule has 0 aliphatic rings. The molecule has 0 bridgehead atoms. The van der Waals surface area contributed by atoms with Crippen molar-refractivity contribution in [2.75, 3.05) is 0 Å². The van der Waals surface area contributed by atoms with Crippen LogP contribution >= 0.6 is 31.9 Å². The van der Waals surface area contributed by atoms with E-state index in [-0.39, 0.29) is 11.6 Å². The fourth-order valence-electron chi connectivity index (χ4n) is 1.51. The molecule has 2 aromatic carbocycles. The lowest BCUT2D eigenvalue weighted by Crippen LogP contribution is -1.92. The van der Waals surface area contributed by atoms with Crippen LogP contribution in [0.2, 0.25) is 0 Å². The zero-order valence-corrected chi connectivity index (χ0v) is 12.9. The molecule has 0 radical (unpaired) electrons. The molecule has 0 aromatic heterocycles. The number of benzene rings is 2. The first kappa shape index (κ1) is 13.6. The van der Waals surface area contributed by atoms with Gasteiger partial charge in [0.25, 0.3) is 0 Å². The first-order valence-corrected chi connectivity index (χ1v) is 7.30. The van der Waals surface area contributed by atoms with Gasteiger partial charge in [-0.25, -0.2) is 4.39 Å². The quantitative estimate of drug-likeness (QED) is 0.637. The third-order valence-electron chi connectivity index (χ3n) is 2.52. The van der Waals surface area contributed by atoms with Crippen molar-refractivity contribution in [3.8, 4) is 11.5 Å². The molecule has 0 atom stereocenters. The summed E-state index contributed by atoms with van der Waals surface area (Å²) in [5.74, 6) is 0.530.